The molecule has 4 nitrogen and oxygen atoms in total. The number of hydrogen-bond acceptors (Lipinski definition) is 4. The van der Waals surface area contributed by atoms with Gasteiger partial charge in [-0.05, 0) is 31.4 Å². The number of hydrogen-bond donors (Lipinski definition) is 1. The van der Waals surface area contributed by atoms with Gasteiger partial charge in [0, 0.05) is 0 Å². The van der Waals surface area contributed by atoms with Crippen LogP contribution in [0.5, 0.6) is 0 Å². The van der Waals surface area contributed by atoms with Crippen LogP contribution in [0.25, 0.3) is 0 Å². The van der Waals surface area contributed by atoms with Crippen LogP contribution in [0, 0.1) is 12.8 Å². The molecule has 124 valence electrons. The molecular weight excluding hydrogens is 300 g/mol. The van der Waals surface area contributed by atoms with Crippen LogP contribution in [0.4, 0.5) is 0 Å². The number of sulfone groups is 1. The van der Waals surface area contributed by atoms with Crippen LogP contribution in [0.2, 0.25) is 0 Å². The van der Waals surface area contributed by atoms with Crippen LogP contribution in [0.3, 0.4) is 0 Å². The predicted molar refractivity (Wildman–Crippen MR) is 86.3 cm³/mol. The maximum Gasteiger partial charge on any atom is 0.226 e. The zero-order valence-electron chi connectivity index (χ0n) is 13.7. The zero-order chi connectivity index (χ0) is 16.5. The molecule has 1 fully saturated rings. The summed E-state index contributed by atoms with van der Waals surface area (Å²) in [6.07, 6.45) is 1.07. The van der Waals surface area contributed by atoms with Gasteiger partial charge in [-0.1, -0.05) is 51.3 Å². The van der Waals surface area contributed by atoms with E-state index in [1.165, 1.54) is 0 Å². The van der Waals surface area contributed by atoms with Crippen molar-refractivity contribution in [3.05, 3.63) is 29.8 Å². The van der Waals surface area contributed by atoms with E-state index in [1.807, 2.05) is 20.8 Å². The van der Waals surface area contributed by atoms with Gasteiger partial charge in [-0.25, -0.2) is 8.42 Å². The van der Waals surface area contributed by atoms with Crippen molar-refractivity contribution in [1.29, 1.82) is 0 Å². The van der Waals surface area contributed by atoms with Gasteiger partial charge in [0.15, 0.2) is 0 Å². The van der Waals surface area contributed by atoms with E-state index < -0.39 is 27.0 Å². The third-order valence-electron chi connectivity index (χ3n) is 4.33. The fourth-order valence-corrected chi connectivity index (χ4v) is 5.02. The van der Waals surface area contributed by atoms with E-state index >= 15 is 0 Å². The number of ether oxygens (including phenoxy) is 1. The fourth-order valence-electron chi connectivity index (χ4n) is 2.86. The summed E-state index contributed by atoms with van der Waals surface area (Å²) in [5.41, 5.74) is 0.997. The van der Waals surface area contributed by atoms with Crippen LogP contribution in [0.15, 0.2) is 29.2 Å². The molecule has 0 bridgehead atoms. The van der Waals surface area contributed by atoms with Crippen LogP contribution in [-0.2, 0) is 14.6 Å². The summed E-state index contributed by atoms with van der Waals surface area (Å²) in [6, 6.07) is 6.73. The van der Waals surface area contributed by atoms with Crippen LogP contribution in [-0.4, -0.2) is 30.7 Å². The molecular formula is C17H26O4S. The minimum Gasteiger partial charge on any atom is -0.389 e. The maximum atomic E-state index is 13.1. The largest absolute Gasteiger partial charge is 0.389 e. The highest BCUT2D eigenvalue weighted by Gasteiger charge is 2.70. The lowest BCUT2D eigenvalue weighted by atomic mass is 10.00. The van der Waals surface area contributed by atoms with Gasteiger partial charge in [0.25, 0.3) is 0 Å². The highest BCUT2D eigenvalue weighted by Crippen LogP contribution is 2.51. The summed E-state index contributed by atoms with van der Waals surface area (Å²) in [4.78, 5) is -1.26. The van der Waals surface area contributed by atoms with Gasteiger partial charge in [0.05, 0.1) is 4.90 Å². The van der Waals surface area contributed by atoms with Crippen molar-refractivity contribution in [3.8, 4) is 0 Å². The summed E-state index contributed by atoms with van der Waals surface area (Å²) in [5.74, 6) is -0.188. The van der Waals surface area contributed by atoms with E-state index in [1.54, 1.807) is 24.3 Å². The smallest absolute Gasteiger partial charge is 0.226 e. The maximum absolute atomic E-state index is 13.1. The highest BCUT2D eigenvalue weighted by molar-refractivity contribution is 7.93. The van der Waals surface area contributed by atoms with Gasteiger partial charge < -0.3 is 9.84 Å². The van der Waals surface area contributed by atoms with E-state index in [4.69, 9.17) is 4.74 Å². The SMILES string of the molecule is CCCC[C@H]1O[C@]1([C@@H](O)C(C)C)S(=O)(=O)c1ccc(C)cc1. The molecule has 0 radical (unpaired) electrons. The van der Waals surface area contributed by atoms with Crippen molar-refractivity contribution in [2.45, 2.75) is 69.0 Å². The fraction of sp³-hybridized carbons (Fsp3) is 0.647. The molecule has 1 aromatic rings. The number of unbranched alkanes of at least 4 members (excludes halogenated alkanes) is 1. The molecule has 0 saturated carbocycles. The summed E-state index contributed by atoms with van der Waals surface area (Å²) in [5, 5.41) is 10.5. The topological polar surface area (TPSA) is 66.9 Å². The molecule has 1 N–H and O–H groups in total. The standard InChI is InChI=1S/C17H26O4S/c1-5-6-7-15-17(21-15,16(18)12(2)3)22(19,20)14-10-8-13(4)9-11-14/h8-12,15-16,18H,5-7H2,1-4H3/t15-,16+,17+/m1/s1. The van der Waals surface area contributed by atoms with Crippen molar-refractivity contribution in [2.24, 2.45) is 5.92 Å². The second-order valence-corrected chi connectivity index (χ2v) is 8.59. The minimum absolute atomic E-state index is 0.188. The first-order chi connectivity index (χ1) is 10.3. The molecule has 1 aromatic carbocycles. The Hall–Kier alpha value is -0.910. The summed E-state index contributed by atoms with van der Waals surface area (Å²) in [7, 11) is -3.74. The van der Waals surface area contributed by atoms with Gasteiger partial charge in [-0.3, -0.25) is 0 Å². The normalized spacial score (nSPS) is 26.2. The lowest BCUT2D eigenvalue weighted by Crippen LogP contribution is -2.43. The van der Waals surface area contributed by atoms with Crippen LogP contribution < -0.4 is 0 Å². The Kier molecular flexibility index (Phi) is 5.00. The first-order valence-corrected chi connectivity index (χ1v) is 9.42. The summed E-state index contributed by atoms with van der Waals surface area (Å²) >= 11 is 0. The van der Waals surface area contributed by atoms with E-state index in [9.17, 15) is 13.5 Å². The van der Waals surface area contributed by atoms with Crippen molar-refractivity contribution < 1.29 is 18.3 Å². The number of epoxide rings is 1. The molecule has 1 saturated heterocycles. The van der Waals surface area contributed by atoms with E-state index in [0.717, 1.165) is 18.4 Å². The lowest BCUT2D eigenvalue weighted by molar-refractivity contribution is 0.0742. The molecule has 0 amide bonds. The Morgan fingerprint density at radius 1 is 1.27 bits per heavy atom. The first-order valence-electron chi connectivity index (χ1n) is 7.94. The minimum atomic E-state index is -3.74. The average molecular weight is 326 g/mol. The lowest BCUT2D eigenvalue weighted by Gasteiger charge is -2.23. The van der Waals surface area contributed by atoms with Crippen molar-refractivity contribution in [2.75, 3.05) is 0 Å². The Morgan fingerprint density at radius 3 is 2.36 bits per heavy atom. The zero-order valence-corrected chi connectivity index (χ0v) is 14.6. The van der Waals surface area contributed by atoms with Crippen molar-refractivity contribution >= 4 is 9.84 Å². The number of aliphatic hydroxyl groups is 1. The molecule has 0 aromatic heterocycles. The number of benzene rings is 1. The Balaban J connectivity index is 2.40. The molecule has 3 atom stereocenters. The molecule has 5 heteroatoms. The molecule has 0 aliphatic carbocycles. The summed E-state index contributed by atoms with van der Waals surface area (Å²) < 4.78 is 31.8. The van der Waals surface area contributed by atoms with Crippen LogP contribution >= 0.6 is 0 Å². The van der Waals surface area contributed by atoms with Crippen molar-refractivity contribution in [3.63, 3.8) is 0 Å². The number of aryl methyl sites for hydroxylation is 1. The molecule has 1 aliphatic heterocycles. The van der Waals surface area contributed by atoms with Crippen molar-refractivity contribution in [1.82, 2.24) is 0 Å². The third kappa shape index (κ3) is 2.82. The third-order valence-corrected chi connectivity index (χ3v) is 6.67. The van der Waals surface area contributed by atoms with Gasteiger partial charge in [-0.15, -0.1) is 0 Å². The van der Waals surface area contributed by atoms with E-state index in [0.29, 0.717) is 6.42 Å². The van der Waals surface area contributed by atoms with Gasteiger partial charge in [0.2, 0.25) is 14.8 Å². The van der Waals surface area contributed by atoms with Gasteiger partial charge >= 0.3 is 0 Å². The number of rotatable bonds is 7. The molecule has 1 aliphatic rings. The molecule has 22 heavy (non-hydrogen) atoms. The Labute approximate surface area is 133 Å². The Bertz CT molecular complexity index is 606. The average Bonchev–Trinajstić information content (AvgIpc) is 3.20. The van der Waals surface area contributed by atoms with E-state index in [-0.39, 0.29) is 10.8 Å². The Morgan fingerprint density at radius 2 is 1.86 bits per heavy atom. The molecule has 2 rings (SSSR count). The predicted octanol–water partition coefficient (Wildman–Crippen LogP) is 3.07. The monoisotopic (exact) mass is 326 g/mol. The quantitative estimate of drug-likeness (QED) is 0.782. The van der Waals surface area contributed by atoms with Crippen LogP contribution in [0.1, 0.15) is 45.6 Å². The highest BCUT2D eigenvalue weighted by atomic mass is 32.2. The number of aliphatic hydroxyl groups excluding tert-OH is 1. The van der Waals surface area contributed by atoms with Gasteiger partial charge in [-0.2, -0.15) is 0 Å². The van der Waals surface area contributed by atoms with Gasteiger partial charge in [0.1, 0.15) is 12.2 Å². The van der Waals surface area contributed by atoms with E-state index in [2.05, 4.69) is 6.92 Å². The second kappa shape index (κ2) is 6.30. The second-order valence-electron chi connectivity index (χ2n) is 6.48. The molecule has 0 unspecified atom stereocenters. The first kappa shape index (κ1) is 17.4. The molecule has 0 spiro atoms. The molecule has 1 heterocycles. The summed E-state index contributed by atoms with van der Waals surface area (Å²) in [6.45, 7) is 7.59.